The highest BCUT2D eigenvalue weighted by Gasteiger charge is 2.21. The van der Waals surface area contributed by atoms with Gasteiger partial charge >= 0.3 is 0 Å². The molecule has 0 saturated carbocycles. The second-order valence-electron chi connectivity index (χ2n) is 3.10. The Hall–Kier alpha value is -0.780. The van der Waals surface area contributed by atoms with Gasteiger partial charge in [0.15, 0.2) is 0 Å². The summed E-state index contributed by atoms with van der Waals surface area (Å²) in [5, 5.41) is 0.422. The molecule has 84 valence electrons. The summed E-state index contributed by atoms with van der Waals surface area (Å²) in [4.78, 5) is 0.0938. The van der Waals surface area contributed by atoms with Gasteiger partial charge in [-0.2, -0.15) is 0 Å². The van der Waals surface area contributed by atoms with E-state index in [0.717, 1.165) is 0 Å². The van der Waals surface area contributed by atoms with Crippen molar-refractivity contribution in [2.75, 3.05) is 19.3 Å². The molecule has 0 saturated heterocycles. The number of hydrogen-bond acceptors (Lipinski definition) is 3. The van der Waals surface area contributed by atoms with Crippen molar-refractivity contribution in [3.63, 3.8) is 0 Å². The Balaban J connectivity index is 3.28. The second-order valence-corrected chi connectivity index (χ2v) is 5.55. The van der Waals surface area contributed by atoms with E-state index in [0.29, 0.717) is 11.6 Å². The Bertz CT molecular complexity index is 459. The zero-order valence-electron chi connectivity index (χ0n) is 8.57. The van der Waals surface area contributed by atoms with Crippen LogP contribution in [-0.4, -0.2) is 26.3 Å². The summed E-state index contributed by atoms with van der Waals surface area (Å²) in [5.41, 5.74) is 5.78. The van der Waals surface area contributed by atoms with Crippen molar-refractivity contribution in [3.8, 4) is 0 Å². The molecule has 0 radical (unpaired) electrons. The van der Waals surface area contributed by atoms with Crippen molar-refractivity contribution in [1.29, 1.82) is 0 Å². The van der Waals surface area contributed by atoms with Crippen molar-refractivity contribution < 1.29 is 8.42 Å². The fourth-order valence-corrected chi connectivity index (χ4v) is 2.55. The molecule has 0 aromatic heterocycles. The third-order valence-electron chi connectivity index (χ3n) is 2.11. The average molecular weight is 249 g/mol. The van der Waals surface area contributed by atoms with Crippen LogP contribution < -0.4 is 5.73 Å². The molecule has 1 aromatic carbocycles. The molecule has 0 bridgehead atoms. The molecule has 0 aliphatic heterocycles. The van der Waals surface area contributed by atoms with Crippen LogP contribution in [0, 0.1) is 0 Å². The van der Waals surface area contributed by atoms with Crippen LogP contribution in [0.5, 0.6) is 0 Å². The summed E-state index contributed by atoms with van der Waals surface area (Å²) in [5.74, 6) is 0. The first kappa shape index (κ1) is 12.3. The minimum absolute atomic E-state index is 0.0938. The fourth-order valence-electron chi connectivity index (χ4n) is 1.09. The largest absolute Gasteiger partial charge is 0.398 e. The SMILES string of the molecule is CCN(C)S(=O)(=O)c1ccc(Cl)cc1N. The van der Waals surface area contributed by atoms with E-state index in [2.05, 4.69) is 0 Å². The van der Waals surface area contributed by atoms with Gasteiger partial charge in [0.1, 0.15) is 4.90 Å². The fraction of sp³-hybridized carbons (Fsp3) is 0.333. The molecule has 1 aromatic rings. The first-order chi connectivity index (χ1) is 6.89. The number of halogens is 1. The van der Waals surface area contributed by atoms with Gasteiger partial charge in [-0.15, -0.1) is 0 Å². The van der Waals surface area contributed by atoms with Crippen molar-refractivity contribution >= 4 is 27.3 Å². The molecule has 0 aliphatic rings. The number of hydrogen-bond donors (Lipinski definition) is 1. The highest BCUT2D eigenvalue weighted by Crippen LogP contribution is 2.24. The molecule has 0 fully saturated rings. The predicted octanol–water partition coefficient (Wildman–Crippen LogP) is 1.56. The monoisotopic (exact) mass is 248 g/mol. The molecule has 1 rings (SSSR count). The lowest BCUT2D eigenvalue weighted by atomic mass is 10.3. The normalized spacial score (nSPS) is 12.0. The quantitative estimate of drug-likeness (QED) is 0.826. The third kappa shape index (κ3) is 2.42. The molecular formula is C9H13ClN2O2S. The summed E-state index contributed by atoms with van der Waals surface area (Å²) in [6.07, 6.45) is 0. The Labute approximate surface area is 94.7 Å². The number of nitrogens with zero attached hydrogens (tertiary/aromatic N) is 1. The van der Waals surface area contributed by atoms with Crippen LogP contribution in [0.25, 0.3) is 0 Å². The van der Waals surface area contributed by atoms with E-state index >= 15 is 0 Å². The second kappa shape index (κ2) is 4.38. The van der Waals surface area contributed by atoms with Gasteiger partial charge in [-0.1, -0.05) is 18.5 Å². The zero-order valence-corrected chi connectivity index (χ0v) is 10.1. The van der Waals surface area contributed by atoms with Crippen molar-refractivity contribution in [3.05, 3.63) is 23.2 Å². The molecule has 0 aliphatic carbocycles. The summed E-state index contributed by atoms with van der Waals surface area (Å²) >= 11 is 5.69. The van der Waals surface area contributed by atoms with E-state index < -0.39 is 10.0 Å². The van der Waals surface area contributed by atoms with Gasteiger partial charge in [0.25, 0.3) is 0 Å². The molecule has 0 unspecified atom stereocenters. The molecule has 2 N–H and O–H groups in total. The van der Waals surface area contributed by atoms with E-state index in [1.165, 1.54) is 29.6 Å². The van der Waals surface area contributed by atoms with Crippen LogP contribution in [0.15, 0.2) is 23.1 Å². The van der Waals surface area contributed by atoms with Gasteiger partial charge in [-0.3, -0.25) is 0 Å². The van der Waals surface area contributed by atoms with Gasteiger partial charge in [-0.25, -0.2) is 12.7 Å². The van der Waals surface area contributed by atoms with E-state index in [4.69, 9.17) is 17.3 Å². The average Bonchev–Trinajstić information content (AvgIpc) is 2.15. The van der Waals surface area contributed by atoms with E-state index in [9.17, 15) is 8.42 Å². The number of benzene rings is 1. The van der Waals surface area contributed by atoms with Crippen molar-refractivity contribution in [2.24, 2.45) is 0 Å². The predicted molar refractivity (Wildman–Crippen MR) is 61.4 cm³/mol. The van der Waals surface area contributed by atoms with Crippen molar-refractivity contribution in [1.82, 2.24) is 4.31 Å². The molecule has 15 heavy (non-hydrogen) atoms. The van der Waals surface area contributed by atoms with Crippen LogP contribution in [0.2, 0.25) is 5.02 Å². The van der Waals surface area contributed by atoms with E-state index in [-0.39, 0.29) is 10.6 Å². The van der Waals surface area contributed by atoms with Crippen LogP contribution in [0.4, 0.5) is 5.69 Å². The highest BCUT2D eigenvalue weighted by molar-refractivity contribution is 7.89. The molecule has 0 amide bonds. The number of anilines is 1. The summed E-state index contributed by atoms with van der Waals surface area (Å²) in [6.45, 7) is 2.15. The molecule has 4 nitrogen and oxygen atoms in total. The van der Waals surface area contributed by atoms with Crippen LogP contribution >= 0.6 is 11.6 Å². The smallest absolute Gasteiger partial charge is 0.244 e. The lowest BCUT2D eigenvalue weighted by Crippen LogP contribution is -2.27. The maximum atomic E-state index is 11.9. The van der Waals surface area contributed by atoms with Gasteiger partial charge in [-0.05, 0) is 18.2 Å². The number of nitrogen functional groups attached to an aromatic ring is 1. The number of rotatable bonds is 3. The molecular weight excluding hydrogens is 236 g/mol. The van der Waals surface area contributed by atoms with Gasteiger partial charge in [0.05, 0.1) is 5.69 Å². The van der Waals surface area contributed by atoms with Gasteiger partial charge in [0, 0.05) is 18.6 Å². The first-order valence-electron chi connectivity index (χ1n) is 4.41. The first-order valence-corrected chi connectivity index (χ1v) is 6.22. The highest BCUT2D eigenvalue weighted by atomic mass is 35.5. The lowest BCUT2D eigenvalue weighted by Gasteiger charge is -2.16. The minimum Gasteiger partial charge on any atom is -0.398 e. The van der Waals surface area contributed by atoms with E-state index in [1.54, 1.807) is 6.92 Å². The third-order valence-corrected chi connectivity index (χ3v) is 4.35. The Morgan fingerprint density at radius 1 is 1.47 bits per heavy atom. The molecule has 0 heterocycles. The number of sulfonamides is 1. The van der Waals surface area contributed by atoms with Crippen LogP contribution in [0.3, 0.4) is 0 Å². The summed E-state index contributed by atoms with van der Waals surface area (Å²) < 4.78 is 25.0. The molecule has 0 spiro atoms. The van der Waals surface area contributed by atoms with Crippen LogP contribution in [0.1, 0.15) is 6.92 Å². The molecule has 0 atom stereocenters. The van der Waals surface area contributed by atoms with Crippen LogP contribution in [-0.2, 0) is 10.0 Å². The topological polar surface area (TPSA) is 63.4 Å². The maximum Gasteiger partial charge on any atom is 0.244 e. The lowest BCUT2D eigenvalue weighted by molar-refractivity contribution is 0.487. The Morgan fingerprint density at radius 2 is 2.07 bits per heavy atom. The standard InChI is InChI=1S/C9H13ClN2O2S/c1-3-12(2)15(13,14)9-5-4-7(10)6-8(9)11/h4-6H,3,11H2,1-2H3. The van der Waals surface area contributed by atoms with Crippen molar-refractivity contribution in [2.45, 2.75) is 11.8 Å². The summed E-state index contributed by atoms with van der Waals surface area (Å²) in [6, 6.07) is 4.35. The van der Waals surface area contributed by atoms with Gasteiger partial charge < -0.3 is 5.73 Å². The Morgan fingerprint density at radius 3 is 2.53 bits per heavy atom. The minimum atomic E-state index is -3.49. The van der Waals surface area contributed by atoms with Gasteiger partial charge in [0.2, 0.25) is 10.0 Å². The zero-order chi connectivity index (χ0) is 11.6. The maximum absolute atomic E-state index is 11.9. The summed E-state index contributed by atoms with van der Waals surface area (Å²) in [7, 11) is -1.98. The Kier molecular flexibility index (Phi) is 3.59. The molecule has 6 heteroatoms. The number of nitrogens with two attached hydrogens (primary N) is 1. The van der Waals surface area contributed by atoms with E-state index in [1.807, 2.05) is 0 Å².